The molecule has 236 valence electrons. The van der Waals surface area contributed by atoms with Gasteiger partial charge in [-0.3, -0.25) is 9.59 Å². The number of halogens is 1. The van der Waals surface area contributed by atoms with E-state index in [0.29, 0.717) is 49.7 Å². The van der Waals surface area contributed by atoms with Gasteiger partial charge in [-0.05, 0) is 80.5 Å². The SMILES string of the molecule is CC(C)OCCCNC(=O)C(c1ccccc1)N(Cc1ccc(Cl)cc1)C(=O)CCc1ccc(S(=O)(=O)N2CCCC2)cc1. The van der Waals surface area contributed by atoms with Crippen LogP contribution in [-0.4, -0.2) is 61.8 Å². The Labute approximate surface area is 266 Å². The highest BCUT2D eigenvalue weighted by molar-refractivity contribution is 7.89. The van der Waals surface area contributed by atoms with Gasteiger partial charge in [0.15, 0.2) is 0 Å². The molecular weight excluding hydrogens is 598 g/mol. The molecule has 8 nitrogen and oxygen atoms in total. The van der Waals surface area contributed by atoms with Gasteiger partial charge in [-0.25, -0.2) is 8.42 Å². The van der Waals surface area contributed by atoms with Crippen molar-refractivity contribution < 1.29 is 22.7 Å². The number of hydrogen-bond acceptors (Lipinski definition) is 5. The second kappa shape index (κ2) is 16.2. The summed E-state index contributed by atoms with van der Waals surface area (Å²) in [5, 5.41) is 3.59. The van der Waals surface area contributed by atoms with E-state index in [0.717, 1.165) is 24.0 Å². The van der Waals surface area contributed by atoms with E-state index < -0.39 is 16.1 Å². The molecule has 0 saturated carbocycles. The lowest BCUT2D eigenvalue weighted by atomic mass is 10.0. The van der Waals surface area contributed by atoms with E-state index in [1.807, 2.05) is 56.3 Å². The lowest BCUT2D eigenvalue weighted by molar-refractivity contribution is -0.141. The van der Waals surface area contributed by atoms with Crippen molar-refractivity contribution in [3.8, 4) is 0 Å². The Morgan fingerprint density at radius 2 is 1.57 bits per heavy atom. The predicted molar refractivity (Wildman–Crippen MR) is 173 cm³/mol. The van der Waals surface area contributed by atoms with Crippen LogP contribution in [0, 0.1) is 0 Å². The van der Waals surface area contributed by atoms with E-state index in [-0.39, 0.29) is 35.8 Å². The molecule has 0 aliphatic carbocycles. The number of benzene rings is 3. The van der Waals surface area contributed by atoms with E-state index in [1.54, 1.807) is 41.3 Å². The first-order valence-corrected chi connectivity index (χ1v) is 17.0. The molecule has 0 spiro atoms. The summed E-state index contributed by atoms with van der Waals surface area (Å²) in [4.78, 5) is 29.6. The van der Waals surface area contributed by atoms with Crippen molar-refractivity contribution in [1.82, 2.24) is 14.5 Å². The predicted octanol–water partition coefficient (Wildman–Crippen LogP) is 5.76. The zero-order chi connectivity index (χ0) is 31.5. The molecule has 44 heavy (non-hydrogen) atoms. The van der Waals surface area contributed by atoms with Crippen molar-refractivity contribution in [3.05, 3.63) is 101 Å². The number of rotatable bonds is 15. The molecule has 1 N–H and O–H groups in total. The molecule has 10 heteroatoms. The minimum atomic E-state index is -3.51. The molecule has 3 aromatic carbocycles. The van der Waals surface area contributed by atoms with E-state index in [2.05, 4.69) is 5.32 Å². The molecule has 1 saturated heterocycles. The maximum absolute atomic E-state index is 14.0. The van der Waals surface area contributed by atoms with Crippen LogP contribution in [0.2, 0.25) is 5.02 Å². The molecule has 4 rings (SSSR count). The first kappa shape index (κ1) is 33.6. The standard InChI is InChI=1S/C34H42ClN3O5S/c1-26(2)43-24-8-21-36-34(40)33(29-9-4-3-5-10-29)38(25-28-11-16-30(35)17-12-28)32(39)20-15-27-13-18-31(19-14-27)44(41,42)37-22-6-7-23-37/h3-5,9-14,16-19,26,33H,6-8,15,20-25H2,1-2H3,(H,36,40). The van der Waals surface area contributed by atoms with Crippen LogP contribution >= 0.6 is 11.6 Å². The Morgan fingerprint density at radius 1 is 0.932 bits per heavy atom. The zero-order valence-corrected chi connectivity index (χ0v) is 27.0. The van der Waals surface area contributed by atoms with Crippen molar-refractivity contribution in [2.24, 2.45) is 0 Å². The molecule has 1 aliphatic heterocycles. The summed E-state index contributed by atoms with van der Waals surface area (Å²) in [6.45, 7) is 6.19. The lowest BCUT2D eigenvalue weighted by Gasteiger charge is -2.32. The molecule has 1 fully saturated rings. The third-order valence-electron chi connectivity index (χ3n) is 7.59. The normalized spacial score (nSPS) is 14.5. The Balaban J connectivity index is 1.52. The summed E-state index contributed by atoms with van der Waals surface area (Å²) in [6.07, 6.45) is 3.06. The molecule has 3 aromatic rings. The van der Waals surface area contributed by atoms with Gasteiger partial charge in [0.2, 0.25) is 21.8 Å². The molecule has 0 bridgehead atoms. The highest BCUT2D eigenvalue weighted by Gasteiger charge is 2.31. The van der Waals surface area contributed by atoms with Crippen LogP contribution in [0.15, 0.2) is 83.8 Å². The maximum Gasteiger partial charge on any atom is 0.247 e. The Morgan fingerprint density at radius 3 is 2.20 bits per heavy atom. The van der Waals surface area contributed by atoms with Gasteiger partial charge in [-0.15, -0.1) is 0 Å². The van der Waals surface area contributed by atoms with Gasteiger partial charge in [0, 0.05) is 44.2 Å². The number of hydrogen-bond donors (Lipinski definition) is 1. The second-order valence-electron chi connectivity index (χ2n) is 11.3. The van der Waals surface area contributed by atoms with Crippen molar-refractivity contribution in [3.63, 3.8) is 0 Å². The fourth-order valence-corrected chi connectivity index (χ4v) is 6.86. The van der Waals surface area contributed by atoms with E-state index in [9.17, 15) is 18.0 Å². The quantitative estimate of drug-likeness (QED) is 0.213. The number of sulfonamides is 1. The van der Waals surface area contributed by atoms with Crippen LogP contribution in [0.1, 0.15) is 62.3 Å². The molecule has 1 heterocycles. The number of carbonyl (C=O) groups is 2. The van der Waals surface area contributed by atoms with E-state index in [1.165, 1.54) is 4.31 Å². The van der Waals surface area contributed by atoms with Gasteiger partial charge in [0.05, 0.1) is 11.0 Å². The number of aryl methyl sites for hydroxylation is 1. The monoisotopic (exact) mass is 639 g/mol. The molecular formula is C34H42ClN3O5S. The van der Waals surface area contributed by atoms with E-state index >= 15 is 0 Å². The molecule has 1 aliphatic rings. The van der Waals surface area contributed by atoms with Gasteiger partial charge >= 0.3 is 0 Å². The van der Waals surface area contributed by atoms with Crippen molar-refractivity contribution in [1.29, 1.82) is 0 Å². The third kappa shape index (κ3) is 9.38. The Hall–Kier alpha value is -3.24. The van der Waals surface area contributed by atoms with Crippen LogP contribution < -0.4 is 5.32 Å². The van der Waals surface area contributed by atoms with Crippen molar-refractivity contribution in [2.75, 3.05) is 26.2 Å². The number of nitrogens with one attached hydrogen (secondary N) is 1. The van der Waals surface area contributed by atoms with Crippen molar-refractivity contribution >= 4 is 33.4 Å². The fraction of sp³-hybridized carbons (Fsp3) is 0.412. The van der Waals surface area contributed by atoms with Gasteiger partial charge in [-0.1, -0.05) is 66.2 Å². The summed E-state index contributed by atoms with van der Waals surface area (Å²) in [5.74, 6) is -0.458. The molecule has 1 atom stereocenters. The average molecular weight is 640 g/mol. The third-order valence-corrected chi connectivity index (χ3v) is 9.75. The number of nitrogens with zero attached hydrogens (tertiary/aromatic N) is 2. The fourth-order valence-electron chi connectivity index (χ4n) is 5.22. The number of carbonyl (C=O) groups excluding carboxylic acids is 2. The number of ether oxygens (including phenoxy) is 1. The highest BCUT2D eigenvalue weighted by atomic mass is 35.5. The maximum atomic E-state index is 14.0. The average Bonchev–Trinajstić information content (AvgIpc) is 3.57. The molecule has 1 unspecified atom stereocenters. The molecule has 0 radical (unpaired) electrons. The van der Waals surface area contributed by atoms with Gasteiger partial charge < -0.3 is 15.0 Å². The van der Waals surface area contributed by atoms with Crippen LogP contribution in [0.4, 0.5) is 0 Å². The Bertz CT molecular complexity index is 1460. The van der Waals surface area contributed by atoms with Crippen LogP contribution in [0.5, 0.6) is 0 Å². The first-order valence-electron chi connectivity index (χ1n) is 15.2. The summed E-state index contributed by atoms with van der Waals surface area (Å²) in [6, 6.07) is 22.4. The van der Waals surface area contributed by atoms with Gasteiger partial charge in [0.25, 0.3) is 0 Å². The minimum Gasteiger partial charge on any atom is -0.379 e. The van der Waals surface area contributed by atoms with Gasteiger partial charge in [-0.2, -0.15) is 4.31 Å². The zero-order valence-electron chi connectivity index (χ0n) is 25.5. The summed E-state index contributed by atoms with van der Waals surface area (Å²) in [5.41, 5.74) is 2.40. The minimum absolute atomic E-state index is 0.112. The van der Waals surface area contributed by atoms with Crippen molar-refractivity contribution in [2.45, 2.75) is 69.5 Å². The summed E-state index contributed by atoms with van der Waals surface area (Å²) < 4.78 is 33.0. The lowest BCUT2D eigenvalue weighted by Crippen LogP contribution is -2.44. The summed E-state index contributed by atoms with van der Waals surface area (Å²) >= 11 is 6.12. The van der Waals surface area contributed by atoms with Crippen LogP contribution in [0.3, 0.4) is 0 Å². The summed E-state index contributed by atoms with van der Waals surface area (Å²) in [7, 11) is -3.51. The van der Waals surface area contributed by atoms with Crippen LogP contribution in [0.25, 0.3) is 0 Å². The molecule has 2 amide bonds. The smallest absolute Gasteiger partial charge is 0.247 e. The van der Waals surface area contributed by atoms with Crippen LogP contribution in [-0.2, 0) is 37.3 Å². The largest absolute Gasteiger partial charge is 0.379 e. The second-order valence-corrected chi connectivity index (χ2v) is 13.7. The van der Waals surface area contributed by atoms with E-state index in [4.69, 9.17) is 16.3 Å². The topological polar surface area (TPSA) is 96.0 Å². The Kier molecular flexibility index (Phi) is 12.4. The highest BCUT2D eigenvalue weighted by Crippen LogP contribution is 2.26. The number of amides is 2. The van der Waals surface area contributed by atoms with Gasteiger partial charge in [0.1, 0.15) is 6.04 Å². The molecule has 0 aromatic heterocycles. The first-order chi connectivity index (χ1) is 21.1.